The topological polar surface area (TPSA) is 65.7 Å². The highest BCUT2D eigenvalue weighted by Crippen LogP contribution is 2.21. The Labute approximate surface area is 120 Å². The van der Waals surface area contributed by atoms with Gasteiger partial charge in [-0.05, 0) is 31.9 Å². The van der Waals surface area contributed by atoms with E-state index >= 15 is 0 Å². The average molecular weight is 302 g/mol. The van der Waals surface area contributed by atoms with Crippen molar-refractivity contribution in [2.45, 2.75) is 27.2 Å². The van der Waals surface area contributed by atoms with Crippen molar-refractivity contribution in [2.24, 2.45) is 0 Å². The maximum absolute atomic E-state index is 6.09. The van der Waals surface area contributed by atoms with Crippen LogP contribution in [0.3, 0.4) is 0 Å². The molecule has 0 saturated carbocycles. The summed E-state index contributed by atoms with van der Waals surface area (Å²) in [7, 11) is 0. The molecule has 0 fully saturated rings. The van der Waals surface area contributed by atoms with Crippen molar-refractivity contribution in [3.05, 3.63) is 21.7 Å². The Kier molecular flexibility index (Phi) is 4.21. The van der Waals surface area contributed by atoms with E-state index in [4.69, 9.17) is 27.9 Å². The van der Waals surface area contributed by atoms with Crippen LogP contribution in [0, 0.1) is 13.8 Å². The van der Waals surface area contributed by atoms with Crippen LogP contribution >= 0.6 is 23.2 Å². The van der Waals surface area contributed by atoms with E-state index in [9.17, 15) is 0 Å². The van der Waals surface area contributed by atoms with Crippen LogP contribution in [0.15, 0.2) is 0 Å². The molecule has 8 heteroatoms. The summed E-state index contributed by atoms with van der Waals surface area (Å²) in [5, 5.41) is 4.89. The first-order valence-corrected chi connectivity index (χ1v) is 6.55. The molecule has 2 aromatic heterocycles. The highest BCUT2D eigenvalue weighted by Gasteiger charge is 2.15. The van der Waals surface area contributed by atoms with Crippen LogP contribution in [0.4, 0.5) is 0 Å². The van der Waals surface area contributed by atoms with Crippen LogP contribution in [-0.4, -0.2) is 31.3 Å². The van der Waals surface area contributed by atoms with Gasteiger partial charge in [-0.1, -0.05) is 18.5 Å². The SMILES string of the molecule is CCCOc1nc(Cl)nc(-n2nc(C)c(Cl)c2C)n1. The molecule has 0 unspecified atom stereocenters. The van der Waals surface area contributed by atoms with Gasteiger partial charge in [0.2, 0.25) is 5.28 Å². The van der Waals surface area contributed by atoms with Crippen molar-refractivity contribution in [1.82, 2.24) is 24.7 Å². The van der Waals surface area contributed by atoms with Gasteiger partial charge in [0.1, 0.15) is 0 Å². The van der Waals surface area contributed by atoms with Crippen LogP contribution in [0.1, 0.15) is 24.7 Å². The van der Waals surface area contributed by atoms with Gasteiger partial charge in [-0.2, -0.15) is 20.1 Å². The van der Waals surface area contributed by atoms with Gasteiger partial charge in [-0.25, -0.2) is 4.68 Å². The molecule has 0 bridgehead atoms. The Morgan fingerprint density at radius 2 is 1.89 bits per heavy atom. The van der Waals surface area contributed by atoms with Gasteiger partial charge < -0.3 is 4.74 Å². The lowest BCUT2D eigenvalue weighted by atomic mass is 10.4. The Bertz CT molecular complexity index is 599. The predicted molar refractivity (Wildman–Crippen MR) is 72.2 cm³/mol. The van der Waals surface area contributed by atoms with Crippen molar-refractivity contribution in [2.75, 3.05) is 6.61 Å². The first-order chi connectivity index (χ1) is 9.02. The van der Waals surface area contributed by atoms with E-state index in [-0.39, 0.29) is 11.3 Å². The van der Waals surface area contributed by atoms with E-state index in [0.717, 1.165) is 12.1 Å². The number of halogens is 2. The van der Waals surface area contributed by atoms with Crippen molar-refractivity contribution >= 4 is 23.2 Å². The van der Waals surface area contributed by atoms with Gasteiger partial charge in [0.05, 0.1) is 23.0 Å². The number of aryl methyl sites for hydroxylation is 1. The maximum Gasteiger partial charge on any atom is 0.322 e. The van der Waals surface area contributed by atoms with Gasteiger partial charge in [0.15, 0.2) is 0 Å². The van der Waals surface area contributed by atoms with Gasteiger partial charge in [0, 0.05) is 0 Å². The zero-order chi connectivity index (χ0) is 14.0. The summed E-state index contributed by atoms with van der Waals surface area (Å²) in [6, 6.07) is 0.181. The third-order valence-electron chi connectivity index (χ3n) is 2.40. The van der Waals surface area contributed by atoms with E-state index in [0.29, 0.717) is 23.3 Å². The van der Waals surface area contributed by atoms with Gasteiger partial charge >= 0.3 is 6.01 Å². The molecule has 0 aromatic carbocycles. The molecule has 0 N–H and O–H groups in total. The van der Waals surface area contributed by atoms with Crippen LogP contribution in [-0.2, 0) is 0 Å². The zero-order valence-corrected chi connectivity index (χ0v) is 12.3. The summed E-state index contributed by atoms with van der Waals surface area (Å²) in [4.78, 5) is 12.1. The van der Waals surface area contributed by atoms with Crippen LogP contribution in [0.25, 0.3) is 5.95 Å². The number of hydrogen-bond acceptors (Lipinski definition) is 5. The first-order valence-electron chi connectivity index (χ1n) is 5.79. The van der Waals surface area contributed by atoms with Crippen LogP contribution in [0.5, 0.6) is 6.01 Å². The molecule has 0 aliphatic carbocycles. The first kappa shape index (κ1) is 14.0. The van der Waals surface area contributed by atoms with E-state index in [1.807, 2.05) is 20.8 Å². The summed E-state index contributed by atoms with van der Waals surface area (Å²) in [5.74, 6) is 0.290. The highest BCUT2D eigenvalue weighted by molar-refractivity contribution is 6.31. The molecule has 19 heavy (non-hydrogen) atoms. The zero-order valence-electron chi connectivity index (χ0n) is 10.8. The summed E-state index contributed by atoms with van der Waals surface area (Å²) in [6.07, 6.45) is 0.852. The fourth-order valence-electron chi connectivity index (χ4n) is 1.49. The quantitative estimate of drug-likeness (QED) is 0.869. The molecule has 2 rings (SSSR count). The summed E-state index contributed by atoms with van der Waals surface area (Å²) < 4.78 is 6.87. The second kappa shape index (κ2) is 5.71. The van der Waals surface area contributed by atoms with Crippen LogP contribution < -0.4 is 4.74 Å². The Balaban J connectivity index is 2.43. The normalized spacial score (nSPS) is 10.8. The number of hydrogen-bond donors (Lipinski definition) is 0. The molecule has 2 aromatic rings. The number of nitrogens with zero attached hydrogens (tertiary/aromatic N) is 5. The predicted octanol–water partition coefficient (Wildman–Crippen LogP) is 2.77. The van der Waals surface area contributed by atoms with Crippen molar-refractivity contribution in [3.8, 4) is 12.0 Å². The largest absolute Gasteiger partial charge is 0.463 e. The van der Waals surface area contributed by atoms with E-state index in [1.54, 1.807) is 0 Å². The smallest absolute Gasteiger partial charge is 0.322 e. The number of rotatable bonds is 4. The Hall–Kier alpha value is -1.40. The van der Waals surface area contributed by atoms with E-state index in [1.165, 1.54) is 4.68 Å². The Morgan fingerprint density at radius 3 is 2.47 bits per heavy atom. The molecule has 0 atom stereocenters. The lowest BCUT2D eigenvalue weighted by Gasteiger charge is -2.06. The molecule has 0 radical (unpaired) electrons. The molecular formula is C11H13Cl2N5O. The van der Waals surface area contributed by atoms with Crippen LogP contribution in [0.2, 0.25) is 10.3 Å². The fraction of sp³-hybridized carbons (Fsp3) is 0.455. The molecule has 0 spiro atoms. The highest BCUT2D eigenvalue weighted by atomic mass is 35.5. The third-order valence-corrected chi connectivity index (χ3v) is 3.12. The summed E-state index contributed by atoms with van der Waals surface area (Å²) in [5.41, 5.74) is 1.44. The summed E-state index contributed by atoms with van der Waals surface area (Å²) in [6.45, 7) is 6.14. The minimum absolute atomic E-state index is 0.0554. The fourth-order valence-corrected chi connectivity index (χ4v) is 1.76. The van der Waals surface area contributed by atoms with Gasteiger partial charge in [0.25, 0.3) is 5.95 Å². The second-order valence-electron chi connectivity index (χ2n) is 3.93. The lowest BCUT2D eigenvalue weighted by Crippen LogP contribution is -2.09. The summed E-state index contributed by atoms with van der Waals surface area (Å²) >= 11 is 12.0. The Morgan fingerprint density at radius 1 is 1.16 bits per heavy atom. The average Bonchev–Trinajstić information content (AvgIpc) is 2.63. The standard InChI is InChI=1S/C11H13Cl2N5O/c1-4-5-19-11-15-9(13)14-10(16-11)18-7(3)8(12)6(2)17-18/h4-5H2,1-3H3. The van der Waals surface area contributed by atoms with Gasteiger partial charge in [-0.3, -0.25) is 0 Å². The van der Waals surface area contributed by atoms with Crippen molar-refractivity contribution in [3.63, 3.8) is 0 Å². The molecule has 0 saturated heterocycles. The van der Waals surface area contributed by atoms with E-state index in [2.05, 4.69) is 20.1 Å². The molecule has 0 amide bonds. The lowest BCUT2D eigenvalue weighted by molar-refractivity contribution is 0.290. The molecule has 2 heterocycles. The molecular weight excluding hydrogens is 289 g/mol. The molecule has 0 aliphatic rings. The number of ether oxygens (including phenoxy) is 1. The van der Waals surface area contributed by atoms with Crippen molar-refractivity contribution < 1.29 is 4.74 Å². The number of aromatic nitrogens is 5. The minimum atomic E-state index is 0.0554. The van der Waals surface area contributed by atoms with Gasteiger partial charge in [-0.15, -0.1) is 0 Å². The second-order valence-corrected chi connectivity index (χ2v) is 4.65. The monoisotopic (exact) mass is 301 g/mol. The van der Waals surface area contributed by atoms with E-state index < -0.39 is 0 Å². The minimum Gasteiger partial charge on any atom is -0.463 e. The maximum atomic E-state index is 6.09. The molecule has 102 valence electrons. The molecule has 6 nitrogen and oxygen atoms in total. The molecule has 0 aliphatic heterocycles. The third kappa shape index (κ3) is 2.96. The van der Waals surface area contributed by atoms with Crippen molar-refractivity contribution in [1.29, 1.82) is 0 Å².